The molecule has 0 atom stereocenters. The van der Waals surface area contributed by atoms with Gasteiger partial charge in [-0.3, -0.25) is 0 Å². The van der Waals surface area contributed by atoms with E-state index in [2.05, 4.69) is 26.8 Å². The van der Waals surface area contributed by atoms with Crippen LogP contribution < -0.4 is 15.2 Å². The van der Waals surface area contributed by atoms with E-state index in [1.165, 1.54) is 11.1 Å². The van der Waals surface area contributed by atoms with E-state index in [-0.39, 0.29) is 5.41 Å². The first kappa shape index (κ1) is 14.8. The zero-order valence-electron chi connectivity index (χ0n) is 12.2. The van der Waals surface area contributed by atoms with Crippen molar-refractivity contribution < 1.29 is 9.47 Å². The molecule has 0 aliphatic heterocycles. The normalized spacial score (nSPS) is 11.4. The number of aryl methyl sites for hydroxylation is 1. The molecule has 0 spiro atoms. The van der Waals surface area contributed by atoms with Gasteiger partial charge >= 0.3 is 0 Å². The van der Waals surface area contributed by atoms with Crippen LogP contribution in [0.2, 0.25) is 0 Å². The largest absolute Gasteiger partial charge is 0.493 e. The van der Waals surface area contributed by atoms with Gasteiger partial charge in [0, 0.05) is 12.0 Å². The first-order valence-corrected chi connectivity index (χ1v) is 6.51. The molecule has 1 aromatic rings. The first-order valence-electron chi connectivity index (χ1n) is 6.51. The highest BCUT2D eigenvalue weighted by Gasteiger charge is 2.29. The van der Waals surface area contributed by atoms with E-state index in [4.69, 9.17) is 15.2 Å². The predicted octanol–water partition coefficient (Wildman–Crippen LogP) is 3.03. The van der Waals surface area contributed by atoms with Crippen molar-refractivity contribution in [3.05, 3.63) is 23.3 Å². The Morgan fingerprint density at radius 2 is 1.56 bits per heavy atom. The maximum atomic E-state index is 6.02. The van der Waals surface area contributed by atoms with E-state index in [9.17, 15) is 0 Å². The van der Waals surface area contributed by atoms with Crippen LogP contribution in [0.25, 0.3) is 0 Å². The van der Waals surface area contributed by atoms with Gasteiger partial charge in [0.1, 0.15) is 0 Å². The quantitative estimate of drug-likeness (QED) is 0.845. The Morgan fingerprint density at radius 1 is 1.06 bits per heavy atom. The maximum absolute atomic E-state index is 6.02. The Morgan fingerprint density at radius 3 is 1.94 bits per heavy atom. The highest BCUT2D eigenvalue weighted by molar-refractivity contribution is 5.49. The lowest BCUT2D eigenvalue weighted by Gasteiger charge is -2.33. The average molecular weight is 251 g/mol. The number of hydrogen-bond acceptors (Lipinski definition) is 3. The van der Waals surface area contributed by atoms with E-state index < -0.39 is 0 Å². The Balaban J connectivity index is 3.40. The van der Waals surface area contributed by atoms with Crippen LogP contribution in [0.4, 0.5) is 0 Å². The number of nitrogens with two attached hydrogens (primary N) is 1. The molecular formula is C15H25NO2. The summed E-state index contributed by atoms with van der Waals surface area (Å²) in [6.07, 6.45) is 2.05. The molecule has 0 saturated carbocycles. The van der Waals surface area contributed by atoms with Crippen LogP contribution in [-0.2, 0) is 5.41 Å². The Labute approximate surface area is 110 Å². The lowest BCUT2D eigenvalue weighted by molar-refractivity contribution is 0.349. The minimum Gasteiger partial charge on any atom is -0.493 e. The fraction of sp³-hybridized carbons (Fsp3) is 0.600. The van der Waals surface area contributed by atoms with E-state index in [0.29, 0.717) is 6.54 Å². The van der Waals surface area contributed by atoms with Gasteiger partial charge in [-0.1, -0.05) is 13.8 Å². The van der Waals surface area contributed by atoms with Crippen LogP contribution in [0.15, 0.2) is 12.1 Å². The van der Waals surface area contributed by atoms with Gasteiger partial charge in [0.05, 0.1) is 14.2 Å². The third kappa shape index (κ3) is 2.46. The van der Waals surface area contributed by atoms with Crippen molar-refractivity contribution in [2.75, 3.05) is 20.8 Å². The molecule has 18 heavy (non-hydrogen) atoms. The van der Waals surface area contributed by atoms with E-state index in [1.54, 1.807) is 14.2 Å². The molecule has 0 aliphatic rings. The second-order valence-electron chi connectivity index (χ2n) is 4.71. The van der Waals surface area contributed by atoms with Gasteiger partial charge in [-0.2, -0.15) is 0 Å². The zero-order chi connectivity index (χ0) is 13.8. The SMILES string of the molecule is CCC(CC)(CN)c1cc(OC)c(OC)cc1C. The van der Waals surface area contributed by atoms with Crippen molar-refractivity contribution in [1.29, 1.82) is 0 Å². The van der Waals surface area contributed by atoms with Crippen LogP contribution in [-0.4, -0.2) is 20.8 Å². The number of rotatable bonds is 6. The van der Waals surface area contributed by atoms with Crippen molar-refractivity contribution in [1.82, 2.24) is 0 Å². The lowest BCUT2D eigenvalue weighted by Crippen LogP contribution is -2.34. The van der Waals surface area contributed by atoms with Crippen molar-refractivity contribution in [3.8, 4) is 11.5 Å². The molecule has 0 fully saturated rings. The zero-order valence-corrected chi connectivity index (χ0v) is 12.2. The summed E-state index contributed by atoms with van der Waals surface area (Å²) < 4.78 is 10.7. The Bertz CT molecular complexity index is 389. The molecule has 0 aromatic heterocycles. The summed E-state index contributed by atoms with van der Waals surface area (Å²) in [5, 5.41) is 0. The molecule has 0 saturated heterocycles. The van der Waals surface area contributed by atoms with Crippen LogP contribution in [0.1, 0.15) is 37.8 Å². The van der Waals surface area contributed by atoms with Gasteiger partial charge in [-0.15, -0.1) is 0 Å². The molecule has 0 bridgehead atoms. The summed E-state index contributed by atoms with van der Waals surface area (Å²) in [6.45, 7) is 7.13. The van der Waals surface area contributed by atoms with Gasteiger partial charge in [-0.25, -0.2) is 0 Å². The fourth-order valence-corrected chi connectivity index (χ4v) is 2.58. The van der Waals surface area contributed by atoms with Crippen LogP contribution in [0, 0.1) is 6.92 Å². The number of methoxy groups -OCH3 is 2. The third-order valence-electron chi connectivity index (χ3n) is 4.05. The van der Waals surface area contributed by atoms with Crippen LogP contribution in [0.5, 0.6) is 11.5 Å². The second kappa shape index (κ2) is 6.10. The number of benzene rings is 1. The van der Waals surface area contributed by atoms with E-state index >= 15 is 0 Å². The van der Waals surface area contributed by atoms with Gasteiger partial charge in [-0.05, 0) is 43.0 Å². The predicted molar refractivity (Wildman–Crippen MR) is 75.6 cm³/mol. The van der Waals surface area contributed by atoms with Gasteiger partial charge in [0.15, 0.2) is 11.5 Å². The van der Waals surface area contributed by atoms with Gasteiger partial charge in [0.2, 0.25) is 0 Å². The Hall–Kier alpha value is -1.22. The van der Waals surface area contributed by atoms with E-state index in [0.717, 1.165) is 24.3 Å². The highest BCUT2D eigenvalue weighted by atomic mass is 16.5. The molecule has 0 heterocycles. The van der Waals surface area contributed by atoms with Gasteiger partial charge < -0.3 is 15.2 Å². The molecule has 0 radical (unpaired) electrons. The summed E-state index contributed by atoms with van der Waals surface area (Å²) in [5.74, 6) is 1.55. The maximum Gasteiger partial charge on any atom is 0.161 e. The van der Waals surface area contributed by atoms with Crippen molar-refractivity contribution >= 4 is 0 Å². The van der Waals surface area contributed by atoms with Crippen molar-refractivity contribution in [2.45, 2.75) is 39.0 Å². The third-order valence-corrected chi connectivity index (χ3v) is 4.05. The molecule has 0 aliphatic carbocycles. The standard InChI is InChI=1S/C15H25NO2/c1-6-15(7-2,10-16)12-9-14(18-5)13(17-4)8-11(12)3/h8-9H,6-7,10,16H2,1-5H3. The molecule has 102 valence electrons. The number of hydrogen-bond donors (Lipinski definition) is 1. The molecule has 3 nitrogen and oxygen atoms in total. The van der Waals surface area contributed by atoms with Crippen LogP contribution in [0.3, 0.4) is 0 Å². The topological polar surface area (TPSA) is 44.5 Å². The summed E-state index contributed by atoms with van der Waals surface area (Å²) in [7, 11) is 3.33. The molecule has 2 N–H and O–H groups in total. The molecule has 0 amide bonds. The lowest BCUT2D eigenvalue weighted by atomic mass is 9.74. The Kier molecular flexibility index (Phi) is 5.03. The summed E-state index contributed by atoms with van der Waals surface area (Å²) in [5.41, 5.74) is 8.53. The fourth-order valence-electron chi connectivity index (χ4n) is 2.58. The number of ether oxygens (including phenoxy) is 2. The molecule has 1 rings (SSSR count). The summed E-state index contributed by atoms with van der Waals surface area (Å²) >= 11 is 0. The smallest absolute Gasteiger partial charge is 0.161 e. The molecule has 0 unspecified atom stereocenters. The van der Waals surface area contributed by atoms with Crippen molar-refractivity contribution in [2.24, 2.45) is 5.73 Å². The summed E-state index contributed by atoms with van der Waals surface area (Å²) in [6, 6.07) is 4.11. The minimum atomic E-state index is 0.0314. The minimum absolute atomic E-state index is 0.0314. The highest BCUT2D eigenvalue weighted by Crippen LogP contribution is 2.39. The summed E-state index contributed by atoms with van der Waals surface area (Å²) in [4.78, 5) is 0. The van der Waals surface area contributed by atoms with Crippen LogP contribution >= 0.6 is 0 Å². The average Bonchev–Trinajstić information content (AvgIpc) is 2.42. The molecular weight excluding hydrogens is 226 g/mol. The second-order valence-corrected chi connectivity index (χ2v) is 4.71. The first-order chi connectivity index (χ1) is 8.58. The van der Waals surface area contributed by atoms with E-state index in [1.807, 2.05) is 6.07 Å². The molecule has 3 heteroatoms. The van der Waals surface area contributed by atoms with Crippen molar-refractivity contribution in [3.63, 3.8) is 0 Å². The molecule has 1 aromatic carbocycles. The van der Waals surface area contributed by atoms with Gasteiger partial charge in [0.25, 0.3) is 0 Å². The monoisotopic (exact) mass is 251 g/mol.